The van der Waals surface area contributed by atoms with E-state index in [0.29, 0.717) is 0 Å². The molecule has 0 aromatic rings. The normalized spacial score (nSPS) is 15.3. The van der Waals surface area contributed by atoms with Crippen LogP contribution in [0.4, 0.5) is 4.79 Å². The van der Waals surface area contributed by atoms with Crippen LogP contribution in [-0.4, -0.2) is 104 Å². The van der Waals surface area contributed by atoms with Crippen LogP contribution in [0.3, 0.4) is 0 Å². The minimum Gasteiger partial charge on any atom is -0.480 e. The van der Waals surface area contributed by atoms with Gasteiger partial charge in [0.25, 0.3) is 0 Å². The molecule has 0 bridgehead atoms. The van der Waals surface area contributed by atoms with Crippen molar-refractivity contribution >= 4 is 32.3 Å². The van der Waals surface area contributed by atoms with Crippen molar-refractivity contribution in [2.45, 2.75) is 149 Å². The quantitative estimate of drug-likeness (QED) is 0.129. The predicted molar refractivity (Wildman–Crippen MR) is 173 cm³/mol. The molecule has 0 aromatic carbocycles. The van der Waals surface area contributed by atoms with Crippen molar-refractivity contribution in [2.75, 3.05) is 26.7 Å². The number of carboxylic acids is 1. The number of nitrogens with zero attached hydrogens (tertiary/aromatic N) is 1. The van der Waals surface area contributed by atoms with Crippen molar-refractivity contribution in [3.05, 3.63) is 0 Å². The molecule has 0 fully saturated rings. The van der Waals surface area contributed by atoms with Gasteiger partial charge in [0.1, 0.15) is 34.9 Å². The molecule has 0 spiro atoms. The van der Waals surface area contributed by atoms with E-state index in [2.05, 4.69) is 44.5 Å². The first kappa shape index (κ1) is 41.8. The zero-order valence-electron chi connectivity index (χ0n) is 29.9. The lowest BCUT2D eigenvalue weighted by atomic mass is 10.1. The van der Waals surface area contributed by atoms with Crippen LogP contribution in [0.1, 0.15) is 95.9 Å². The van der Waals surface area contributed by atoms with Crippen LogP contribution in [0.25, 0.3) is 0 Å². The summed E-state index contributed by atoms with van der Waals surface area (Å²) in [6, 6.07) is -2.76. The fourth-order valence-electron chi connectivity index (χ4n) is 3.53. The van der Waals surface area contributed by atoms with Crippen LogP contribution in [0.2, 0.25) is 18.1 Å². The summed E-state index contributed by atoms with van der Waals surface area (Å²) in [5.74, 6) is -2.16. The number of amides is 1. The molecule has 0 heterocycles. The van der Waals surface area contributed by atoms with Crippen molar-refractivity contribution in [3.63, 3.8) is 0 Å². The average molecular weight is 648 g/mol. The van der Waals surface area contributed by atoms with Gasteiger partial charge in [0.05, 0.1) is 6.61 Å². The Balaban J connectivity index is 5.71. The number of aliphatic carboxylic acids is 1. The zero-order valence-corrected chi connectivity index (χ0v) is 30.9. The summed E-state index contributed by atoms with van der Waals surface area (Å²) in [5, 5.41) is 15.6. The van der Waals surface area contributed by atoms with Crippen molar-refractivity contribution in [3.8, 4) is 0 Å². The average Bonchev–Trinajstić information content (AvgIpc) is 2.75. The number of esters is 2. The number of carboxylic acid groups (broad SMARTS) is 1. The molecule has 0 saturated carbocycles. The van der Waals surface area contributed by atoms with Gasteiger partial charge in [-0.25, -0.2) is 9.59 Å². The van der Waals surface area contributed by atoms with E-state index in [9.17, 15) is 24.3 Å². The van der Waals surface area contributed by atoms with E-state index in [4.69, 9.17) is 18.6 Å². The van der Waals surface area contributed by atoms with Crippen LogP contribution >= 0.6 is 0 Å². The molecular weight excluding hydrogens is 586 g/mol. The lowest BCUT2D eigenvalue weighted by Crippen LogP contribution is -2.50. The molecule has 1 amide bonds. The third-order valence-corrected chi connectivity index (χ3v) is 11.4. The molecule has 0 aliphatic carbocycles. The summed E-state index contributed by atoms with van der Waals surface area (Å²) in [7, 11) is -0.496. The summed E-state index contributed by atoms with van der Waals surface area (Å²) in [6.07, 6.45) is -0.439. The molecule has 13 heteroatoms. The molecule has 0 saturated heterocycles. The lowest BCUT2D eigenvalue weighted by molar-refractivity contribution is -0.158. The molecule has 12 nitrogen and oxygen atoms in total. The second-order valence-electron chi connectivity index (χ2n) is 15.8. The van der Waals surface area contributed by atoms with Crippen molar-refractivity contribution < 1.29 is 42.9 Å². The SMILES string of the molecule is CN(CCC(NCCC(NC(=O)OC(C)(C)C)C(=O)OC(C)(C)C)C(=O)OC(C)(C)C)C(CO[Si](C)(C)C(C)(C)C)C(=O)O. The van der Waals surface area contributed by atoms with E-state index in [0.717, 1.165) is 0 Å². The highest BCUT2D eigenvalue weighted by molar-refractivity contribution is 6.74. The largest absolute Gasteiger partial charge is 0.480 e. The first-order valence-electron chi connectivity index (χ1n) is 15.3. The monoisotopic (exact) mass is 647 g/mol. The minimum absolute atomic E-state index is 0.0285. The molecule has 44 heavy (non-hydrogen) atoms. The smallest absolute Gasteiger partial charge is 0.408 e. The number of carbonyl (C=O) groups is 4. The number of hydrogen-bond acceptors (Lipinski definition) is 10. The number of nitrogens with one attached hydrogen (secondary N) is 2. The van der Waals surface area contributed by atoms with E-state index < -0.39 is 67.2 Å². The van der Waals surface area contributed by atoms with Gasteiger partial charge in [-0.1, -0.05) is 20.8 Å². The van der Waals surface area contributed by atoms with Gasteiger partial charge in [-0.15, -0.1) is 0 Å². The molecule has 0 aromatic heterocycles. The standard InChI is InChI=1S/C31H61N3O9Si/c1-28(2,3)41-25(37)21(17-19-34(13)23(24(35)36)20-40-44(14,15)31(10,11)12)32-18-16-22(26(38)42-29(4,5)6)33-27(39)43-30(7,8)9/h21-23,32H,16-20H2,1-15H3,(H,33,39)(H,35,36). The van der Waals surface area contributed by atoms with Gasteiger partial charge in [0.2, 0.25) is 0 Å². The van der Waals surface area contributed by atoms with Gasteiger partial charge >= 0.3 is 24.0 Å². The molecule has 0 radical (unpaired) electrons. The first-order valence-corrected chi connectivity index (χ1v) is 18.2. The van der Waals surface area contributed by atoms with Crippen molar-refractivity contribution in [1.29, 1.82) is 0 Å². The lowest BCUT2D eigenvalue weighted by Gasteiger charge is -2.38. The third kappa shape index (κ3) is 17.3. The molecule has 0 rings (SSSR count). The Labute approximate surface area is 266 Å². The maximum absolute atomic E-state index is 13.2. The van der Waals surface area contributed by atoms with E-state index in [1.807, 2.05) is 0 Å². The molecule has 3 unspecified atom stereocenters. The predicted octanol–water partition coefficient (Wildman–Crippen LogP) is 4.71. The molecule has 3 atom stereocenters. The number of alkyl carbamates (subject to hydrolysis) is 1. The minimum atomic E-state index is -2.18. The fraction of sp³-hybridized carbons (Fsp3) is 0.871. The Kier molecular flexibility index (Phi) is 15.5. The van der Waals surface area contributed by atoms with Gasteiger partial charge in [0, 0.05) is 6.54 Å². The van der Waals surface area contributed by atoms with Gasteiger partial charge in [-0.05, 0) is 107 Å². The number of carbonyl (C=O) groups excluding carboxylic acids is 3. The Hall–Kier alpha value is -2.22. The second kappa shape index (κ2) is 16.4. The van der Waals surface area contributed by atoms with Gasteiger partial charge in [-0.2, -0.15) is 0 Å². The van der Waals surface area contributed by atoms with Crippen molar-refractivity contribution in [1.82, 2.24) is 15.5 Å². The van der Waals surface area contributed by atoms with Crippen LogP contribution in [0, 0.1) is 0 Å². The number of rotatable bonds is 15. The highest BCUT2D eigenvalue weighted by atomic mass is 28.4. The zero-order chi connectivity index (χ0) is 34.9. The number of ether oxygens (including phenoxy) is 3. The summed E-state index contributed by atoms with van der Waals surface area (Å²) >= 11 is 0. The van der Waals surface area contributed by atoms with E-state index >= 15 is 0 Å². The third-order valence-electron chi connectivity index (χ3n) is 6.89. The topological polar surface area (TPSA) is 153 Å². The Morgan fingerprint density at radius 3 is 1.61 bits per heavy atom. The van der Waals surface area contributed by atoms with Crippen LogP contribution in [0.5, 0.6) is 0 Å². The highest BCUT2D eigenvalue weighted by Gasteiger charge is 2.39. The first-order chi connectivity index (χ1) is 19.5. The molecule has 258 valence electrons. The van der Waals surface area contributed by atoms with Gasteiger partial charge < -0.3 is 34.4 Å². The Bertz CT molecular complexity index is 960. The number of likely N-dealkylation sites (N-methyl/N-ethyl adjacent to an activating group) is 1. The molecular formula is C31H61N3O9Si. The van der Waals surface area contributed by atoms with Crippen LogP contribution < -0.4 is 10.6 Å². The van der Waals surface area contributed by atoms with E-state index in [1.165, 1.54) is 0 Å². The molecule has 0 aliphatic rings. The summed E-state index contributed by atoms with van der Waals surface area (Å²) in [4.78, 5) is 52.4. The summed E-state index contributed by atoms with van der Waals surface area (Å²) in [6.45, 7) is 26.4. The Morgan fingerprint density at radius 2 is 1.20 bits per heavy atom. The van der Waals surface area contributed by atoms with E-state index in [1.54, 1.807) is 74.3 Å². The Morgan fingerprint density at radius 1 is 0.750 bits per heavy atom. The maximum atomic E-state index is 13.2. The van der Waals surface area contributed by atoms with Crippen LogP contribution in [-0.2, 0) is 33.0 Å². The fourth-order valence-corrected chi connectivity index (χ4v) is 4.54. The summed E-state index contributed by atoms with van der Waals surface area (Å²) in [5.41, 5.74) is -2.30. The van der Waals surface area contributed by atoms with Crippen molar-refractivity contribution in [2.24, 2.45) is 0 Å². The highest BCUT2D eigenvalue weighted by Crippen LogP contribution is 2.36. The van der Waals surface area contributed by atoms with Crippen LogP contribution in [0.15, 0.2) is 0 Å². The van der Waals surface area contributed by atoms with E-state index in [-0.39, 0.29) is 37.6 Å². The molecule has 0 aliphatic heterocycles. The number of hydrogen-bond donors (Lipinski definition) is 3. The molecule has 3 N–H and O–H groups in total. The van der Waals surface area contributed by atoms with Gasteiger partial charge in [0.15, 0.2) is 8.32 Å². The second-order valence-corrected chi connectivity index (χ2v) is 20.6. The summed E-state index contributed by atoms with van der Waals surface area (Å²) < 4.78 is 22.6. The maximum Gasteiger partial charge on any atom is 0.408 e. The van der Waals surface area contributed by atoms with Gasteiger partial charge in [-0.3, -0.25) is 14.5 Å².